The minimum Gasteiger partial charge on any atom is -0.354 e. The Morgan fingerprint density at radius 3 is 2.47 bits per heavy atom. The molecule has 3 atom stereocenters. The molecule has 0 saturated heterocycles. The highest BCUT2D eigenvalue weighted by atomic mass is 16.1. The SMILES string of the molecule is NC1(CNC(=O)C2CCC3CCCCC3C2)CCC1. The Morgan fingerprint density at radius 2 is 1.79 bits per heavy atom. The van der Waals surface area contributed by atoms with Crippen LogP contribution in [0.3, 0.4) is 0 Å². The van der Waals surface area contributed by atoms with Crippen molar-refractivity contribution in [3.05, 3.63) is 0 Å². The first-order chi connectivity index (χ1) is 9.16. The molecule has 3 rings (SSSR count). The van der Waals surface area contributed by atoms with Gasteiger partial charge in [-0.2, -0.15) is 0 Å². The predicted octanol–water partition coefficient (Wildman–Crippen LogP) is 2.59. The summed E-state index contributed by atoms with van der Waals surface area (Å²) in [6.07, 6.45) is 12.4. The molecule has 0 aromatic rings. The lowest BCUT2D eigenvalue weighted by Gasteiger charge is -2.40. The lowest BCUT2D eigenvalue weighted by atomic mass is 9.67. The van der Waals surface area contributed by atoms with Crippen LogP contribution in [0.15, 0.2) is 0 Å². The molecule has 3 aliphatic rings. The van der Waals surface area contributed by atoms with Crippen LogP contribution in [0, 0.1) is 17.8 Å². The van der Waals surface area contributed by atoms with E-state index in [0.29, 0.717) is 6.54 Å². The van der Waals surface area contributed by atoms with E-state index in [1.54, 1.807) is 0 Å². The lowest BCUT2D eigenvalue weighted by molar-refractivity contribution is -0.127. The molecule has 3 fully saturated rings. The van der Waals surface area contributed by atoms with Gasteiger partial charge in [0.2, 0.25) is 5.91 Å². The van der Waals surface area contributed by atoms with E-state index >= 15 is 0 Å². The summed E-state index contributed by atoms with van der Waals surface area (Å²) in [7, 11) is 0. The van der Waals surface area contributed by atoms with E-state index < -0.39 is 0 Å². The molecule has 1 amide bonds. The van der Waals surface area contributed by atoms with Crippen LogP contribution in [-0.4, -0.2) is 18.0 Å². The summed E-state index contributed by atoms with van der Waals surface area (Å²) in [6.45, 7) is 0.691. The van der Waals surface area contributed by atoms with Gasteiger partial charge in [0.05, 0.1) is 0 Å². The summed E-state index contributed by atoms with van der Waals surface area (Å²) in [5, 5.41) is 3.13. The van der Waals surface area contributed by atoms with Crippen LogP contribution in [0.2, 0.25) is 0 Å². The zero-order valence-corrected chi connectivity index (χ0v) is 12.0. The molecule has 0 aromatic heterocycles. The maximum Gasteiger partial charge on any atom is 0.223 e. The van der Waals surface area contributed by atoms with Crippen molar-refractivity contribution < 1.29 is 4.79 Å². The standard InChI is InChI=1S/C16H28N2O/c17-16(8-3-9-16)11-18-15(19)14-7-6-12-4-1-2-5-13(12)10-14/h12-14H,1-11,17H2,(H,18,19). The van der Waals surface area contributed by atoms with Gasteiger partial charge in [-0.15, -0.1) is 0 Å². The Labute approximate surface area is 116 Å². The fourth-order valence-corrected chi connectivity index (χ4v) is 4.33. The maximum atomic E-state index is 12.3. The van der Waals surface area contributed by atoms with Crippen molar-refractivity contribution in [2.45, 2.75) is 69.7 Å². The third-order valence-electron chi connectivity index (χ3n) is 5.87. The zero-order valence-electron chi connectivity index (χ0n) is 12.0. The first-order valence-corrected chi connectivity index (χ1v) is 8.23. The summed E-state index contributed by atoms with van der Waals surface area (Å²) in [6, 6.07) is 0. The van der Waals surface area contributed by atoms with E-state index in [1.165, 1.54) is 38.5 Å². The molecule has 0 spiro atoms. The number of amides is 1. The van der Waals surface area contributed by atoms with Gasteiger partial charge < -0.3 is 11.1 Å². The normalized spacial score (nSPS) is 37.0. The first kappa shape index (κ1) is 13.4. The Morgan fingerprint density at radius 1 is 1.05 bits per heavy atom. The van der Waals surface area contributed by atoms with Crippen LogP contribution in [0.25, 0.3) is 0 Å². The van der Waals surface area contributed by atoms with Gasteiger partial charge in [-0.25, -0.2) is 0 Å². The van der Waals surface area contributed by atoms with Crippen molar-refractivity contribution in [3.63, 3.8) is 0 Å². The van der Waals surface area contributed by atoms with Crippen molar-refractivity contribution in [1.29, 1.82) is 0 Å². The number of carbonyl (C=O) groups excluding carboxylic acids is 1. The smallest absolute Gasteiger partial charge is 0.223 e. The van der Waals surface area contributed by atoms with Gasteiger partial charge in [-0.3, -0.25) is 4.79 Å². The van der Waals surface area contributed by atoms with Crippen molar-refractivity contribution in [2.24, 2.45) is 23.5 Å². The molecular formula is C16H28N2O. The summed E-state index contributed by atoms with van der Waals surface area (Å²) in [5.41, 5.74) is 6.09. The second-order valence-electron chi connectivity index (χ2n) is 7.25. The Balaban J connectivity index is 1.47. The largest absolute Gasteiger partial charge is 0.354 e. The molecule has 3 unspecified atom stereocenters. The molecule has 0 aromatic carbocycles. The average Bonchev–Trinajstić information content (AvgIpc) is 2.42. The highest BCUT2D eigenvalue weighted by molar-refractivity contribution is 5.78. The average molecular weight is 264 g/mol. The Hall–Kier alpha value is -0.570. The summed E-state index contributed by atoms with van der Waals surface area (Å²) < 4.78 is 0. The summed E-state index contributed by atoms with van der Waals surface area (Å²) in [5.74, 6) is 2.29. The number of carbonyl (C=O) groups is 1. The fourth-order valence-electron chi connectivity index (χ4n) is 4.33. The number of fused-ring (bicyclic) bond motifs is 1. The van der Waals surface area contributed by atoms with E-state index in [0.717, 1.165) is 37.5 Å². The summed E-state index contributed by atoms with van der Waals surface area (Å²) in [4.78, 5) is 12.3. The highest BCUT2D eigenvalue weighted by Crippen LogP contribution is 2.42. The van der Waals surface area contributed by atoms with Gasteiger partial charge in [0.1, 0.15) is 0 Å². The molecule has 3 saturated carbocycles. The molecule has 3 N–H and O–H groups in total. The van der Waals surface area contributed by atoms with E-state index in [2.05, 4.69) is 5.32 Å². The molecule has 0 bridgehead atoms. The Kier molecular flexibility index (Phi) is 3.84. The number of nitrogens with two attached hydrogens (primary N) is 1. The van der Waals surface area contributed by atoms with Crippen LogP contribution in [0.4, 0.5) is 0 Å². The number of hydrogen-bond donors (Lipinski definition) is 2. The lowest BCUT2D eigenvalue weighted by Crippen LogP contribution is -2.55. The van der Waals surface area contributed by atoms with Crippen molar-refractivity contribution >= 4 is 5.91 Å². The molecule has 3 heteroatoms. The van der Waals surface area contributed by atoms with Gasteiger partial charge in [0, 0.05) is 18.0 Å². The fraction of sp³-hybridized carbons (Fsp3) is 0.938. The zero-order chi connectivity index (χ0) is 13.3. The van der Waals surface area contributed by atoms with Crippen LogP contribution in [0.1, 0.15) is 64.2 Å². The van der Waals surface area contributed by atoms with E-state index in [4.69, 9.17) is 5.73 Å². The number of rotatable bonds is 3. The van der Waals surface area contributed by atoms with E-state index in [1.807, 2.05) is 0 Å². The van der Waals surface area contributed by atoms with Crippen LogP contribution >= 0.6 is 0 Å². The molecule has 108 valence electrons. The molecule has 0 heterocycles. The van der Waals surface area contributed by atoms with Gasteiger partial charge >= 0.3 is 0 Å². The van der Waals surface area contributed by atoms with Gasteiger partial charge in [0.15, 0.2) is 0 Å². The molecule has 19 heavy (non-hydrogen) atoms. The van der Waals surface area contributed by atoms with E-state index in [9.17, 15) is 4.79 Å². The minimum atomic E-state index is -0.0856. The van der Waals surface area contributed by atoms with Gasteiger partial charge in [-0.05, 0) is 50.4 Å². The van der Waals surface area contributed by atoms with Gasteiger partial charge in [-0.1, -0.05) is 25.7 Å². The molecule has 0 aliphatic heterocycles. The highest BCUT2D eigenvalue weighted by Gasteiger charge is 2.37. The Bertz CT molecular complexity index is 338. The van der Waals surface area contributed by atoms with Crippen LogP contribution in [0.5, 0.6) is 0 Å². The summed E-state index contributed by atoms with van der Waals surface area (Å²) >= 11 is 0. The maximum absolute atomic E-state index is 12.3. The molecule has 3 nitrogen and oxygen atoms in total. The van der Waals surface area contributed by atoms with Gasteiger partial charge in [0.25, 0.3) is 0 Å². The van der Waals surface area contributed by atoms with E-state index in [-0.39, 0.29) is 17.4 Å². The number of nitrogens with one attached hydrogen (secondary N) is 1. The monoisotopic (exact) mass is 264 g/mol. The minimum absolute atomic E-state index is 0.0856. The molecule has 0 radical (unpaired) electrons. The van der Waals surface area contributed by atoms with Crippen LogP contribution in [-0.2, 0) is 4.79 Å². The third-order valence-corrected chi connectivity index (χ3v) is 5.87. The predicted molar refractivity (Wildman–Crippen MR) is 76.6 cm³/mol. The molecule has 3 aliphatic carbocycles. The quantitative estimate of drug-likeness (QED) is 0.823. The second-order valence-corrected chi connectivity index (χ2v) is 7.25. The van der Waals surface area contributed by atoms with Crippen LogP contribution < -0.4 is 11.1 Å². The molecular weight excluding hydrogens is 236 g/mol. The van der Waals surface area contributed by atoms with Crippen molar-refractivity contribution in [3.8, 4) is 0 Å². The third kappa shape index (κ3) is 2.96. The van der Waals surface area contributed by atoms with Crippen molar-refractivity contribution in [1.82, 2.24) is 5.32 Å². The van der Waals surface area contributed by atoms with Crippen molar-refractivity contribution in [2.75, 3.05) is 6.54 Å². The second kappa shape index (κ2) is 5.43. The number of hydrogen-bond acceptors (Lipinski definition) is 2. The first-order valence-electron chi connectivity index (χ1n) is 8.23. The topological polar surface area (TPSA) is 55.1 Å².